The number of benzene rings is 1. The molecule has 0 amide bonds. The first kappa shape index (κ1) is 13.0. The van der Waals surface area contributed by atoms with Gasteiger partial charge in [0.15, 0.2) is 0 Å². The molecule has 0 aromatic heterocycles. The van der Waals surface area contributed by atoms with E-state index in [0.717, 1.165) is 34.6 Å². The van der Waals surface area contributed by atoms with Crippen LogP contribution < -0.4 is 5.73 Å². The molecule has 2 nitrogen and oxygen atoms in total. The molecule has 0 saturated carbocycles. The van der Waals surface area contributed by atoms with E-state index in [1.165, 1.54) is 6.21 Å². The Balaban J connectivity index is 3.43. The number of hydrogen-bond donors (Lipinski definition) is 2. The summed E-state index contributed by atoms with van der Waals surface area (Å²) in [5, 5.41) is 8.13. The lowest BCUT2D eigenvalue weighted by Crippen LogP contribution is -2.05. The molecule has 0 atom stereocenters. The van der Waals surface area contributed by atoms with Gasteiger partial charge in [-0.2, -0.15) is 0 Å². The predicted octanol–water partition coefficient (Wildman–Crippen LogP) is 4.13. The Morgan fingerprint density at radius 3 is 2.44 bits per heavy atom. The van der Waals surface area contributed by atoms with Gasteiger partial charge in [-0.3, -0.25) is 0 Å². The summed E-state index contributed by atoms with van der Waals surface area (Å²) in [4.78, 5) is 0. The van der Waals surface area contributed by atoms with Crippen molar-refractivity contribution in [3.05, 3.63) is 27.8 Å². The van der Waals surface area contributed by atoms with E-state index in [2.05, 4.69) is 13.8 Å². The second kappa shape index (κ2) is 5.35. The summed E-state index contributed by atoms with van der Waals surface area (Å²) in [6.45, 7) is 6.31. The molecular weight excluding hydrogens is 220 g/mol. The highest BCUT2D eigenvalue weighted by Gasteiger charge is 2.17. The number of hydrogen-bond acceptors (Lipinski definition) is 2. The Kier molecular flexibility index (Phi) is 4.36. The third-order valence-corrected chi connectivity index (χ3v) is 3.51. The molecule has 1 aromatic rings. The van der Waals surface area contributed by atoms with Gasteiger partial charge >= 0.3 is 0 Å². The predicted molar refractivity (Wildman–Crippen MR) is 71.8 cm³/mol. The molecule has 0 bridgehead atoms. The summed E-state index contributed by atoms with van der Waals surface area (Å²) in [6.07, 6.45) is 3.42. The maximum Gasteiger partial charge on any atom is 0.0464 e. The molecule has 0 spiro atoms. The quantitative estimate of drug-likeness (QED) is 0.601. The zero-order valence-corrected chi connectivity index (χ0v) is 10.9. The van der Waals surface area contributed by atoms with Gasteiger partial charge in [-0.25, -0.2) is 0 Å². The largest absolute Gasteiger partial charge is 0.398 e. The van der Waals surface area contributed by atoms with Crippen molar-refractivity contribution < 1.29 is 0 Å². The number of rotatable bonds is 4. The van der Waals surface area contributed by atoms with E-state index >= 15 is 0 Å². The minimum absolute atomic E-state index is 0.451. The van der Waals surface area contributed by atoms with E-state index in [1.807, 2.05) is 6.92 Å². The summed E-state index contributed by atoms with van der Waals surface area (Å²) in [6, 6.07) is 1.77. The second-order valence-corrected chi connectivity index (χ2v) is 4.46. The first-order valence-electron chi connectivity index (χ1n) is 5.65. The molecule has 0 aliphatic heterocycles. The van der Waals surface area contributed by atoms with E-state index < -0.39 is 0 Å². The van der Waals surface area contributed by atoms with Gasteiger partial charge in [-0.15, -0.1) is 0 Å². The van der Waals surface area contributed by atoms with Gasteiger partial charge in [0.05, 0.1) is 0 Å². The third kappa shape index (κ3) is 2.22. The van der Waals surface area contributed by atoms with Crippen molar-refractivity contribution in [1.82, 2.24) is 0 Å². The smallest absolute Gasteiger partial charge is 0.0464 e. The minimum atomic E-state index is 0.451. The van der Waals surface area contributed by atoms with Crippen LogP contribution in [0.15, 0.2) is 6.07 Å². The summed E-state index contributed by atoms with van der Waals surface area (Å²) < 4.78 is 0. The number of nitrogens with two attached hydrogens (primary N) is 1. The molecule has 16 heavy (non-hydrogen) atoms. The van der Waals surface area contributed by atoms with Gasteiger partial charge in [0, 0.05) is 22.5 Å². The summed E-state index contributed by atoms with van der Waals surface area (Å²) in [5.41, 5.74) is 9.44. The van der Waals surface area contributed by atoms with Gasteiger partial charge in [0.1, 0.15) is 0 Å². The van der Waals surface area contributed by atoms with Crippen LogP contribution in [0.1, 0.15) is 49.3 Å². The standard InChI is InChI=1S/C13H19ClN2/c1-4-9(5-2)13-8(3)10(7-15)12(16)6-11(13)14/h6-7,9,15H,4-5,16H2,1-3H3. The molecule has 0 saturated heterocycles. The van der Waals surface area contributed by atoms with Gasteiger partial charge in [0.2, 0.25) is 0 Å². The van der Waals surface area contributed by atoms with Gasteiger partial charge in [-0.1, -0.05) is 25.4 Å². The molecule has 1 rings (SSSR count). The van der Waals surface area contributed by atoms with Crippen molar-refractivity contribution in [3.63, 3.8) is 0 Å². The van der Waals surface area contributed by atoms with Crippen LogP contribution in [-0.4, -0.2) is 6.21 Å². The Morgan fingerprint density at radius 2 is 2.00 bits per heavy atom. The zero-order chi connectivity index (χ0) is 12.3. The van der Waals surface area contributed by atoms with Crippen LogP contribution in [0.5, 0.6) is 0 Å². The maximum absolute atomic E-state index is 7.40. The molecule has 0 unspecified atom stereocenters. The molecule has 88 valence electrons. The van der Waals surface area contributed by atoms with Crippen LogP contribution in [0, 0.1) is 12.3 Å². The second-order valence-electron chi connectivity index (χ2n) is 4.06. The Bertz CT molecular complexity index is 395. The lowest BCUT2D eigenvalue weighted by Gasteiger charge is -2.20. The lowest BCUT2D eigenvalue weighted by molar-refractivity contribution is 0.638. The average molecular weight is 239 g/mol. The number of nitrogens with one attached hydrogen (secondary N) is 1. The van der Waals surface area contributed by atoms with E-state index in [4.69, 9.17) is 22.7 Å². The fourth-order valence-corrected chi connectivity index (χ4v) is 2.64. The number of anilines is 1. The Hall–Kier alpha value is -1.02. The minimum Gasteiger partial charge on any atom is -0.398 e. The van der Waals surface area contributed by atoms with Gasteiger partial charge < -0.3 is 11.1 Å². The molecule has 0 fully saturated rings. The first-order valence-corrected chi connectivity index (χ1v) is 6.03. The highest BCUT2D eigenvalue weighted by Crippen LogP contribution is 2.35. The van der Waals surface area contributed by atoms with E-state index in [1.54, 1.807) is 6.07 Å². The van der Waals surface area contributed by atoms with Gasteiger partial charge in [-0.05, 0) is 42.9 Å². The number of nitrogen functional groups attached to an aromatic ring is 1. The van der Waals surface area contributed by atoms with Crippen molar-refractivity contribution in [2.45, 2.75) is 39.5 Å². The lowest BCUT2D eigenvalue weighted by atomic mass is 9.88. The number of halogens is 1. The van der Waals surface area contributed by atoms with E-state index in [9.17, 15) is 0 Å². The molecule has 0 aliphatic carbocycles. The SMILES string of the molecule is CCC(CC)c1c(Cl)cc(N)c(C=N)c1C. The highest BCUT2D eigenvalue weighted by atomic mass is 35.5. The van der Waals surface area contributed by atoms with Crippen molar-refractivity contribution in [2.24, 2.45) is 0 Å². The van der Waals surface area contributed by atoms with Crippen LogP contribution in [0.2, 0.25) is 5.02 Å². The molecule has 0 radical (unpaired) electrons. The normalized spacial score (nSPS) is 10.8. The van der Waals surface area contributed by atoms with Crippen molar-refractivity contribution in [1.29, 1.82) is 5.41 Å². The fourth-order valence-electron chi connectivity index (χ4n) is 2.22. The molecule has 0 aliphatic rings. The van der Waals surface area contributed by atoms with Crippen molar-refractivity contribution in [3.8, 4) is 0 Å². The van der Waals surface area contributed by atoms with Crippen molar-refractivity contribution in [2.75, 3.05) is 5.73 Å². The van der Waals surface area contributed by atoms with Crippen LogP contribution in [-0.2, 0) is 0 Å². The average Bonchev–Trinajstić information content (AvgIpc) is 2.24. The van der Waals surface area contributed by atoms with Crippen molar-refractivity contribution >= 4 is 23.5 Å². The summed E-state index contributed by atoms with van der Waals surface area (Å²) in [5.74, 6) is 0.451. The molecular formula is C13H19ClN2. The highest BCUT2D eigenvalue weighted by molar-refractivity contribution is 6.32. The molecule has 1 aromatic carbocycles. The monoisotopic (exact) mass is 238 g/mol. The van der Waals surface area contributed by atoms with Crippen LogP contribution >= 0.6 is 11.6 Å². The first-order chi connectivity index (χ1) is 7.56. The zero-order valence-electron chi connectivity index (χ0n) is 10.1. The summed E-state index contributed by atoms with van der Waals surface area (Å²) >= 11 is 6.26. The topological polar surface area (TPSA) is 49.9 Å². The van der Waals surface area contributed by atoms with E-state index in [0.29, 0.717) is 11.6 Å². The summed E-state index contributed by atoms with van der Waals surface area (Å²) in [7, 11) is 0. The van der Waals surface area contributed by atoms with Crippen LogP contribution in [0.4, 0.5) is 5.69 Å². The van der Waals surface area contributed by atoms with E-state index in [-0.39, 0.29) is 0 Å². The van der Waals surface area contributed by atoms with Gasteiger partial charge in [0.25, 0.3) is 0 Å². The van der Waals surface area contributed by atoms with Crippen LogP contribution in [0.25, 0.3) is 0 Å². The Morgan fingerprint density at radius 1 is 1.44 bits per heavy atom. The molecule has 3 heteroatoms. The van der Waals surface area contributed by atoms with Crippen LogP contribution in [0.3, 0.4) is 0 Å². The fraction of sp³-hybridized carbons (Fsp3) is 0.462. The third-order valence-electron chi connectivity index (χ3n) is 3.20. The molecule has 0 heterocycles. The Labute approximate surface area is 102 Å². The maximum atomic E-state index is 7.40. The molecule has 3 N–H and O–H groups in total.